The first-order valence-electron chi connectivity index (χ1n) is 9.21. The Balaban J connectivity index is 1.70. The molecule has 0 radical (unpaired) electrons. The van der Waals surface area contributed by atoms with Crippen LogP contribution in [0.3, 0.4) is 0 Å². The zero-order valence-electron chi connectivity index (χ0n) is 15.7. The van der Waals surface area contributed by atoms with Crippen LogP contribution in [0, 0.1) is 0 Å². The molecule has 1 saturated carbocycles. The summed E-state index contributed by atoms with van der Waals surface area (Å²) in [5, 5.41) is 0.643. The minimum absolute atomic E-state index is 0.173. The number of ether oxygens (including phenoxy) is 1. The standard InChI is InChI=1S/C20H27N3O2S/c1-15(19(24)22(2)16-8-5-4-6-9-16)26-20-21-12-13-23(20)17-10-7-11-18(14-17)25-3/h7,10-16H,4-6,8-9H2,1-3H3. The number of imidazole rings is 1. The van der Waals surface area contributed by atoms with E-state index in [1.807, 2.05) is 53.9 Å². The van der Waals surface area contributed by atoms with E-state index in [-0.39, 0.29) is 11.2 Å². The molecule has 1 fully saturated rings. The van der Waals surface area contributed by atoms with Crippen LogP contribution in [0.4, 0.5) is 0 Å². The molecule has 0 saturated heterocycles. The van der Waals surface area contributed by atoms with Gasteiger partial charge in [-0.15, -0.1) is 0 Å². The van der Waals surface area contributed by atoms with E-state index in [1.54, 1.807) is 13.3 Å². The third-order valence-electron chi connectivity index (χ3n) is 5.04. The van der Waals surface area contributed by atoms with Gasteiger partial charge in [0.15, 0.2) is 5.16 Å². The van der Waals surface area contributed by atoms with Crippen molar-refractivity contribution in [2.45, 2.75) is 55.5 Å². The Hall–Kier alpha value is -1.95. The molecule has 5 nitrogen and oxygen atoms in total. The van der Waals surface area contributed by atoms with E-state index in [0.29, 0.717) is 6.04 Å². The monoisotopic (exact) mass is 373 g/mol. The minimum atomic E-state index is -0.173. The maximum atomic E-state index is 12.9. The van der Waals surface area contributed by atoms with Crippen LogP contribution in [-0.2, 0) is 4.79 Å². The maximum absolute atomic E-state index is 12.9. The number of nitrogens with zero attached hydrogens (tertiary/aromatic N) is 3. The smallest absolute Gasteiger partial charge is 0.235 e. The molecule has 1 atom stereocenters. The highest BCUT2D eigenvalue weighted by Crippen LogP contribution is 2.29. The number of aromatic nitrogens is 2. The van der Waals surface area contributed by atoms with E-state index in [9.17, 15) is 4.79 Å². The molecule has 0 aliphatic heterocycles. The van der Waals surface area contributed by atoms with Crippen LogP contribution >= 0.6 is 11.8 Å². The van der Waals surface area contributed by atoms with Crippen LogP contribution in [0.25, 0.3) is 5.69 Å². The quantitative estimate of drug-likeness (QED) is 0.714. The van der Waals surface area contributed by atoms with Gasteiger partial charge < -0.3 is 9.64 Å². The van der Waals surface area contributed by atoms with Crippen molar-refractivity contribution in [2.24, 2.45) is 0 Å². The first-order valence-corrected chi connectivity index (χ1v) is 10.1. The Labute approximate surface area is 159 Å². The third kappa shape index (κ3) is 4.23. The summed E-state index contributed by atoms with van der Waals surface area (Å²) in [6.07, 6.45) is 9.67. The summed E-state index contributed by atoms with van der Waals surface area (Å²) in [5.74, 6) is 0.982. The van der Waals surface area contributed by atoms with E-state index in [0.717, 1.165) is 29.4 Å². The summed E-state index contributed by atoms with van der Waals surface area (Å²) in [7, 11) is 3.61. The lowest BCUT2D eigenvalue weighted by Gasteiger charge is -2.32. The molecule has 1 heterocycles. The molecule has 1 aromatic carbocycles. The minimum Gasteiger partial charge on any atom is -0.497 e. The highest BCUT2D eigenvalue weighted by atomic mass is 32.2. The summed E-state index contributed by atoms with van der Waals surface area (Å²) in [6, 6.07) is 8.23. The molecular formula is C20H27N3O2S. The van der Waals surface area contributed by atoms with Crippen LogP contribution in [-0.4, -0.2) is 45.8 Å². The first-order chi connectivity index (χ1) is 12.6. The van der Waals surface area contributed by atoms with Gasteiger partial charge >= 0.3 is 0 Å². The fraction of sp³-hybridized carbons (Fsp3) is 0.500. The molecule has 2 aromatic rings. The number of methoxy groups -OCH3 is 1. The molecule has 1 aromatic heterocycles. The maximum Gasteiger partial charge on any atom is 0.235 e. The summed E-state index contributed by atoms with van der Waals surface area (Å²) < 4.78 is 7.31. The lowest BCUT2D eigenvalue weighted by molar-refractivity contribution is -0.131. The van der Waals surface area contributed by atoms with Crippen molar-refractivity contribution in [1.29, 1.82) is 0 Å². The number of carbonyl (C=O) groups is 1. The summed E-state index contributed by atoms with van der Waals surface area (Å²) in [6.45, 7) is 1.97. The SMILES string of the molecule is COc1cccc(-n2ccnc2SC(C)C(=O)N(C)C2CCCCC2)c1. The average Bonchev–Trinajstić information content (AvgIpc) is 3.15. The Kier molecular flexibility index (Phi) is 6.25. The van der Waals surface area contributed by atoms with Crippen molar-refractivity contribution >= 4 is 17.7 Å². The van der Waals surface area contributed by atoms with Crippen molar-refractivity contribution in [3.05, 3.63) is 36.7 Å². The van der Waals surface area contributed by atoms with E-state index in [4.69, 9.17) is 4.74 Å². The van der Waals surface area contributed by atoms with Gasteiger partial charge in [0.2, 0.25) is 5.91 Å². The van der Waals surface area contributed by atoms with Crippen LogP contribution in [0.2, 0.25) is 0 Å². The number of benzene rings is 1. The van der Waals surface area contributed by atoms with Gasteiger partial charge in [0, 0.05) is 31.5 Å². The number of hydrogen-bond acceptors (Lipinski definition) is 4. The molecule has 6 heteroatoms. The van der Waals surface area contributed by atoms with Crippen LogP contribution in [0.15, 0.2) is 41.8 Å². The van der Waals surface area contributed by atoms with E-state index >= 15 is 0 Å². The van der Waals surface area contributed by atoms with Gasteiger partial charge in [-0.3, -0.25) is 9.36 Å². The summed E-state index contributed by atoms with van der Waals surface area (Å²) in [5.41, 5.74) is 0.977. The second-order valence-corrected chi connectivity index (χ2v) is 8.09. The predicted molar refractivity (Wildman–Crippen MR) is 105 cm³/mol. The molecular weight excluding hydrogens is 346 g/mol. The van der Waals surface area contributed by atoms with Gasteiger partial charge in [0.25, 0.3) is 0 Å². The van der Waals surface area contributed by atoms with Gasteiger partial charge in [0.1, 0.15) is 5.75 Å². The highest BCUT2D eigenvalue weighted by Gasteiger charge is 2.27. The topological polar surface area (TPSA) is 47.4 Å². The average molecular weight is 374 g/mol. The second kappa shape index (κ2) is 8.62. The third-order valence-corrected chi connectivity index (χ3v) is 6.11. The molecule has 1 unspecified atom stereocenters. The second-order valence-electron chi connectivity index (χ2n) is 6.78. The van der Waals surface area contributed by atoms with Crippen LogP contribution in [0.5, 0.6) is 5.75 Å². The zero-order chi connectivity index (χ0) is 18.5. The van der Waals surface area contributed by atoms with E-state index in [2.05, 4.69) is 4.98 Å². The molecule has 0 bridgehead atoms. The highest BCUT2D eigenvalue weighted by molar-refractivity contribution is 8.00. The Morgan fingerprint density at radius 1 is 1.35 bits per heavy atom. The van der Waals surface area contributed by atoms with Gasteiger partial charge in [-0.25, -0.2) is 4.98 Å². The summed E-state index contributed by atoms with van der Waals surface area (Å²) in [4.78, 5) is 19.3. The molecule has 26 heavy (non-hydrogen) atoms. The van der Waals surface area contributed by atoms with E-state index in [1.165, 1.54) is 31.0 Å². The fourth-order valence-electron chi connectivity index (χ4n) is 3.48. The lowest BCUT2D eigenvalue weighted by Crippen LogP contribution is -2.42. The predicted octanol–water partition coefficient (Wildman–Crippen LogP) is 4.15. The van der Waals surface area contributed by atoms with Crippen molar-refractivity contribution < 1.29 is 9.53 Å². The molecule has 1 amide bonds. The van der Waals surface area contributed by atoms with Crippen molar-refractivity contribution in [3.63, 3.8) is 0 Å². The van der Waals surface area contributed by atoms with Crippen LogP contribution < -0.4 is 4.74 Å². The Bertz CT molecular complexity index is 740. The fourth-order valence-corrected chi connectivity index (χ4v) is 4.46. The molecule has 1 aliphatic carbocycles. The van der Waals surface area contributed by atoms with Crippen molar-refractivity contribution in [1.82, 2.24) is 14.5 Å². The number of amides is 1. The Morgan fingerprint density at radius 3 is 2.85 bits per heavy atom. The molecule has 0 N–H and O–H groups in total. The van der Waals surface area contributed by atoms with Gasteiger partial charge in [0.05, 0.1) is 18.0 Å². The van der Waals surface area contributed by atoms with Crippen molar-refractivity contribution in [3.8, 4) is 11.4 Å². The number of hydrogen-bond donors (Lipinski definition) is 0. The van der Waals surface area contributed by atoms with Gasteiger partial charge in [-0.2, -0.15) is 0 Å². The molecule has 1 aliphatic rings. The normalized spacial score (nSPS) is 16.3. The van der Waals surface area contributed by atoms with Crippen LogP contribution in [0.1, 0.15) is 39.0 Å². The Morgan fingerprint density at radius 2 is 2.12 bits per heavy atom. The number of thioether (sulfide) groups is 1. The van der Waals surface area contributed by atoms with Gasteiger partial charge in [-0.05, 0) is 31.9 Å². The number of rotatable bonds is 6. The first kappa shape index (κ1) is 18.8. The molecule has 140 valence electrons. The summed E-state index contributed by atoms with van der Waals surface area (Å²) >= 11 is 1.51. The van der Waals surface area contributed by atoms with E-state index < -0.39 is 0 Å². The number of carbonyl (C=O) groups excluding carboxylic acids is 1. The molecule has 0 spiro atoms. The molecule has 3 rings (SSSR count). The lowest BCUT2D eigenvalue weighted by atomic mass is 9.94. The largest absolute Gasteiger partial charge is 0.497 e. The van der Waals surface area contributed by atoms with Gasteiger partial charge in [-0.1, -0.05) is 37.1 Å². The zero-order valence-corrected chi connectivity index (χ0v) is 16.5. The van der Waals surface area contributed by atoms with Crippen molar-refractivity contribution in [2.75, 3.05) is 14.2 Å².